The van der Waals surface area contributed by atoms with E-state index in [2.05, 4.69) is 0 Å². The summed E-state index contributed by atoms with van der Waals surface area (Å²) in [7, 11) is 1.89. The lowest BCUT2D eigenvalue weighted by molar-refractivity contribution is -0.163. The normalized spacial score (nSPS) is 22.9. The second-order valence-corrected chi connectivity index (χ2v) is 3.66. The quantitative estimate of drug-likeness (QED) is 0.653. The number of hydrogen-bond acceptors (Lipinski definition) is 3. The molecule has 0 aromatic heterocycles. The highest BCUT2D eigenvalue weighted by molar-refractivity contribution is 4.55. The summed E-state index contributed by atoms with van der Waals surface area (Å²) in [5, 5.41) is 0. The smallest absolute Gasteiger partial charge is 0.157 e. The van der Waals surface area contributed by atoms with Gasteiger partial charge in [-0.25, -0.2) is 4.39 Å². The lowest BCUT2D eigenvalue weighted by Gasteiger charge is -2.23. The molecule has 1 unspecified atom stereocenters. The second kappa shape index (κ2) is 7.15. The standard InChI is InChI=1S/C10H20FNO2/c1-12(6-5-11)7-9-14-10-4-2-3-8-13-10/h10H,2-9H2,1H3/i11-1. The van der Waals surface area contributed by atoms with Crippen LogP contribution in [0.1, 0.15) is 19.3 Å². The monoisotopic (exact) mass is 204 g/mol. The molecule has 0 aromatic carbocycles. The van der Waals surface area contributed by atoms with E-state index in [0.29, 0.717) is 13.2 Å². The van der Waals surface area contributed by atoms with Crippen molar-refractivity contribution in [1.82, 2.24) is 4.90 Å². The Kier molecular flexibility index (Phi) is 6.07. The summed E-state index contributed by atoms with van der Waals surface area (Å²) in [6, 6.07) is 0. The van der Waals surface area contributed by atoms with Gasteiger partial charge in [0.25, 0.3) is 0 Å². The molecule has 4 heteroatoms. The summed E-state index contributed by atoms with van der Waals surface area (Å²) in [6.07, 6.45) is 3.29. The summed E-state index contributed by atoms with van der Waals surface area (Å²) in [6.45, 7) is 2.39. The molecule has 84 valence electrons. The fourth-order valence-corrected chi connectivity index (χ4v) is 1.44. The third-order valence-electron chi connectivity index (χ3n) is 2.38. The van der Waals surface area contributed by atoms with Crippen molar-refractivity contribution >= 4 is 0 Å². The number of rotatable bonds is 6. The van der Waals surface area contributed by atoms with E-state index in [4.69, 9.17) is 9.47 Å². The molecule has 1 fully saturated rings. The predicted molar refractivity (Wildman–Crippen MR) is 53.0 cm³/mol. The lowest BCUT2D eigenvalue weighted by atomic mass is 10.2. The zero-order chi connectivity index (χ0) is 10.2. The Balaban J connectivity index is 1.96. The number of alkyl halides is 1. The van der Waals surface area contributed by atoms with Crippen molar-refractivity contribution in [3.8, 4) is 0 Å². The van der Waals surface area contributed by atoms with Crippen molar-refractivity contribution in [3.05, 3.63) is 0 Å². The molecule has 1 heterocycles. The maximum atomic E-state index is 11.9. The first-order valence-electron chi connectivity index (χ1n) is 5.30. The first kappa shape index (κ1) is 11.9. The van der Waals surface area contributed by atoms with Gasteiger partial charge in [0.15, 0.2) is 6.29 Å². The highest BCUT2D eigenvalue weighted by Crippen LogP contribution is 2.13. The highest BCUT2D eigenvalue weighted by Gasteiger charge is 2.13. The van der Waals surface area contributed by atoms with Gasteiger partial charge in [-0.3, -0.25) is 0 Å². The van der Waals surface area contributed by atoms with Gasteiger partial charge in [0.05, 0.1) is 6.61 Å². The van der Waals surface area contributed by atoms with Gasteiger partial charge >= 0.3 is 0 Å². The Morgan fingerprint density at radius 1 is 1.43 bits per heavy atom. The molecule has 1 aliphatic rings. The Hall–Kier alpha value is -0.190. The molecule has 0 aromatic rings. The van der Waals surface area contributed by atoms with Gasteiger partial charge in [0, 0.05) is 19.7 Å². The Morgan fingerprint density at radius 3 is 2.93 bits per heavy atom. The molecule has 1 atom stereocenters. The molecule has 0 aliphatic carbocycles. The van der Waals surface area contributed by atoms with Gasteiger partial charge in [0.1, 0.15) is 6.67 Å². The van der Waals surface area contributed by atoms with Crippen LogP contribution < -0.4 is 0 Å². The fourth-order valence-electron chi connectivity index (χ4n) is 1.44. The molecule has 1 saturated heterocycles. The minimum Gasteiger partial charge on any atom is -0.353 e. The van der Waals surface area contributed by atoms with Crippen LogP contribution in [0.5, 0.6) is 0 Å². The van der Waals surface area contributed by atoms with Crippen molar-refractivity contribution in [2.75, 3.05) is 40.0 Å². The van der Waals surface area contributed by atoms with E-state index in [0.717, 1.165) is 26.0 Å². The van der Waals surface area contributed by atoms with E-state index >= 15 is 0 Å². The topological polar surface area (TPSA) is 21.7 Å². The van der Waals surface area contributed by atoms with Crippen molar-refractivity contribution in [2.45, 2.75) is 25.6 Å². The third-order valence-corrected chi connectivity index (χ3v) is 2.38. The maximum Gasteiger partial charge on any atom is 0.157 e. The minimum atomic E-state index is -0.295. The summed E-state index contributed by atoms with van der Waals surface area (Å²) in [5.41, 5.74) is 0. The molecule has 0 amide bonds. The van der Waals surface area contributed by atoms with Crippen LogP contribution >= 0.6 is 0 Å². The molecule has 0 radical (unpaired) electrons. The molecular formula is C10H20FNO2. The summed E-state index contributed by atoms with van der Waals surface area (Å²) in [5.74, 6) is 0. The van der Waals surface area contributed by atoms with Crippen LogP contribution in [0.25, 0.3) is 0 Å². The molecule has 1 rings (SSSR count). The molecule has 0 N–H and O–H groups in total. The Bertz CT molecular complexity index is 140. The summed E-state index contributed by atoms with van der Waals surface area (Å²) >= 11 is 0. The second-order valence-electron chi connectivity index (χ2n) is 3.66. The van der Waals surface area contributed by atoms with Crippen LogP contribution in [0.4, 0.5) is 4.39 Å². The molecule has 14 heavy (non-hydrogen) atoms. The summed E-state index contributed by atoms with van der Waals surface area (Å²) in [4.78, 5) is 1.92. The van der Waals surface area contributed by atoms with E-state index in [9.17, 15) is 4.39 Å². The molecule has 0 spiro atoms. The molecule has 1 aliphatic heterocycles. The first-order chi connectivity index (χ1) is 6.83. The molecular weight excluding hydrogens is 184 g/mol. The van der Waals surface area contributed by atoms with E-state index in [1.165, 1.54) is 6.42 Å². The number of ether oxygens (including phenoxy) is 2. The first-order valence-corrected chi connectivity index (χ1v) is 5.30. The largest absolute Gasteiger partial charge is 0.353 e. The van der Waals surface area contributed by atoms with E-state index in [1.807, 2.05) is 11.9 Å². The average molecular weight is 204 g/mol. The van der Waals surface area contributed by atoms with Gasteiger partial charge in [0.2, 0.25) is 0 Å². The highest BCUT2D eigenvalue weighted by atomic mass is 18.2. The van der Waals surface area contributed by atoms with Crippen LogP contribution in [0.15, 0.2) is 0 Å². The van der Waals surface area contributed by atoms with Crippen molar-refractivity contribution in [2.24, 2.45) is 0 Å². The van der Waals surface area contributed by atoms with Gasteiger partial charge in [-0.2, -0.15) is 0 Å². The van der Waals surface area contributed by atoms with Gasteiger partial charge in [-0.05, 0) is 26.3 Å². The van der Waals surface area contributed by atoms with Crippen LogP contribution in [0.2, 0.25) is 0 Å². The number of halogens is 1. The minimum absolute atomic E-state index is 0.0254. The SMILES string of the molecule is CN(CC[18F])CCOC1CCCCO1. The Labute approximate surface area is 85.2 Å². The maximum absolute atomic E-state index is 11.9. The van der Waals surface area contributed by atoms with Crippen LogP contribution in [-0.4, -0.2) is 51.2 Å². The fraction of sp³-hybridized carbons (Fsp3) is 1.00. The van der Waals surface area contributed by atoms with Gasteiger partial charge in [-0.1, -0.05) is 0 Å². The van der Waals surface area contributed by atoms with Gasteiger partial charge < -0.3 is 14.4 Å². The number of hydrogen-bond donors (Lipinski definition) is 0. The van der Waals surface area contributed by atoms with Crippen LogP contribution in [0, 0.1) is 0 Å². The third kappa shape index (κ3) is 4.88. The summed E-state index contributed by atoms with van der Waals surface area (Å²) < 4.78 is 22.8. The van der Waals surface area contributed by atoms with E-state index in [1.54, 1.807) is 0 Å². The predicted octanol–water partition coefficient (Wildman–Crippen LogP) is 1.43. The van der Waals surface area contributed by atoms with Gasteiger partial charge in [-0.15, -0.1) is 0 Å². The van der Waals surface area contributed by atoms with Crippen molar-refractivity contribution in [1.29, 1.82) is 0 Å². The molecule has 0 saturated carbocycles. The van der Waals surface area contributed by atoms with Crippen molar-refractivity contribution < 1.29 is 13.9 Å². The van der Waals surface area contributed by atoms with Crippen molar-refractivity contribution in [3.63, 3.8) is 0 Å². The van der Waals surface area contributed by atoms with E-state index < -0.39 is 0 Å². The lowest BCUT2D eigenvalue weighted by Crippen LogP contribution is -2.29. The van der Waals surface area contributed by atoms with Crippen LogP contribution in [0.3, 0.4) is 0 Å². The average Bonchev–Trinajstić information content (AvgIpc) is 2.20. The zero-order valence-electron chi connectivity index (χ0n) is 8.88. The molecule has 3 nitrogen and oxygen atoms in total. The number of nitrogens with zero attached hydrogens (tertiary/aromatic N) is 1. The number of likely N-dealkylation sites (N-methyl/N-ethyl adjacent to an activating group) is 1. The zero-order valence-corrected chi connectivity index (χ0v) is 8.88. The molecule has 0 bridgehead atoms. The Morgan fingerprint density at radius 2 is 2.29 bits per heavy atom. The van der Waals surface area contributed by atoms with E-state index in [-0.39, 0.29) is 13.0 Å². The van der Waals surface area contributed by atoms with Crippen LogP contribution in [-0.2, 0) is 9.47 Å².